The Morgan fingerprint density at radius 3 is 2.18 bits per heavy atom. The molecule has 8 heteroatoms. The van der Waals surface area contributed by atoms with Gasteiger partial charge in [-0.2, -0.15) is 0 Å². The summed E-state index contributed by atoms with van der Waals surface area (Å²) in [5.74, 6) is 1.06. The highest BCUT2D eigenvalue weighted by Gasteiger charge is 2.11. The third kappa shape index (κ3) is 7.58. The molecule has 1 amide bonds. The lowest BCUT2D eigenvalue weighted by molar-refractivity contribution is -0.123. The van der Waals surface area contributed by atoms with Gasteiger partial charge in [0.25, 0.3) is 5.91 Å². The summed E-state index contributed by atoms with van der Waals surface area (Å²) in [6.07, 6.45) is 1.16. The fourth-order valence-electron chi connectivity index (χ4n) is 2.26. The minimum absolute atomic E-state index is 0.104. The van der Waals surface area contributed by atoms with Crippen LogP contribution in [0.1, 0.15) is 11.1 Å². The van der Waals surface area contributed by atoms with E-state index in [0.717, 1.165) is 23.1 Å². The Kier molecular flexibility index (Phi) is 7.83. The monoisotopic (exact) mass is 406 g/mol. The average Bonchev–Trinajstić information content (AvgIpc) is 2.65. The number of carbonyl (C=O) groups excluding carboxylic acids is 1. The maximum atomic E-state index is 11.8. The summed E-state index contributed by atoms with van der Waals surface area (Å²) < 4.78 is 35.1. The van der Waals surface area contributed by atoms with Crippen LogP contribution in [-0.4, -0.2) is 51.7 Å². The Hall–Kier alpha value is -2.58. The largest absolute Gasteiger partial charge is 0.492 e. The van der Waals surface area contributed by atoms with E-state index in [1.165, 1.54) is 11.4 Å². The number of carbonyl (C=O) groups is 1. The van der Waals surface area contributed by atoms with Crippen molar-refractivity contribution in [1.29, 1.82) is 0 Å². The van der Waals surface area contributed by atoms with Crippen LogP contribution in [0.4, 0.5) is 0 Å². The molecule has 7 nitrogen and oxygen atoms in total. The average molecular weight is 407 g/mol. The van der Waals surface area contributed by atoms with Crippen LogP contribution in [0, 0.1) is 6.92 Å². The number of aryl methyl sites for hydroxylation is 1. The van der Waals surface area contributed by atoms with Crippen molar-refractivity contribution in [3.63, 3.8) is 0 Å². The highest BCUT2D eigenvalue weighted by Crippen LogP contribution is 2.14. The first-order valence-corrected chi connectivity index (χ1v) is 10.7. The fraction of sp³-hybridized carbons (Fsp3) is 0.350. The van der Waals surface area contributed by atoms with Gasteiger partial charge in [0, 0.05) is 13.6 Å². The van der Waals surface area contributed by atoms with Gasteiger partial charge in [-0.15, -0.1) is 0 Å². The van der Waals surface area contributed by atoms with Crippen LogP contribution >= 0.6 is 0 Å². The predicted molar refractivity (Wildman–Crippen MR) is 108 cm³/mol. The SMILES string of the molecule is Cc1ccc(OCCNC(=O)COc2ccc(CN(C)S(C)(=O)=O)cc2)cc1. The molecule has 0 aromatic heterocycles. The van der Waals surface area contributed by atoms with Crippen molar-refractivity contribution in [2.24, 2.45) is 0 Å². The Bertz CT molecular complexity index is 864. The van der Waals surface area contributed by atoms with Crippen LogP contribution in [0.2, 0.25) is 0 Å². The lowest BCUT2D eigenvalue weighted by Crippen LogP contribution is -2.32. The molecule has 0 radical (unpaired) electrons. The van der Waals surface area contributed by atoms with Crippen molar-refractivity contribution in [2.75, 3.05) is 33.1 Å². The molecular formula is C20H26N2O5S. The summed E-state index contributed by atoms with van der Waals surface area (Å²) in [4.78, 5) is 11.8. The smallest absolute Gasteiger partial charge is 0.258 e. The number of rotatable bonds is 10. The molecule has 0 heterocycles. The zero-order valence-electron chi connectivity index (χ0n) is 16.3. The highest BCUT2D eigenvalue weighted by atomic mass is 32.2. The Morgan fingerprint density at radius 2 is 1.57 bits per heavy atom. The van der Waals surface area contributed by atoms with E-state index in [-0.39, 0.29) is 19.1 Å². The van der Waals surface area contributed by atoms with Crippen molar-refractivity contribution in [2.45, 2.75) is 13.5 Å². The lowest BCUT2D eigenvalue weighted by atomic mass is 10.2. The van der Waals surface area contributed by atoms with Gasteiger partial charge in [0.05, 0.1) is 12.8 Å². The quantitative estimate of drug-likeness (QED) is 0.610. The van der Waals surface area contributed by atoms with Gasteiger partial charge in [0.2, 0.25) is 10.0 Å². The molecule has 0 aliphatic heterocycles. The van der Waals surface area contributed by atoms with Gasteiger partial charge in [0.15, 0.2) is 6.61 Å². The van der Waals surface area contributed by atoms with Crippen LogP contribution in [-0.2, 0) is 21.4 Å². The van der Waals surface area contributed by atoms with E-state index >= 15 is 0 Å². The van der Waals surface area contributed by atoms with E-state index in [2.05, 4.69) is 5.32 Å². The molecule has 0 unspecified atom stereocenters. The second-order valence-electron chi connectivity index (χ2n) is 6.46. The Morgan fingerprint density at radius 1 is 1.00 bits per heavy atom. The lowest BCUT2D eigenvalue weighted by Gasteiger charge is -2.14. The first kappa shape index (κ1) is 21.7. The van der Waals surface area contributed by atoms with Crippen LogP contribution in [0.15, 0.2) is 48.5 Å². The molecule has 0 aliphatic rings. The second-order valence-corrected chi connectivity index (χ2v) is 8.55. The van der Waals surface area contributed by atoms with E-state index in [0.29, 0.717) is 18.9 Å². The molecule has 1 N–H and O–H groups in total. The van der Waals surface area contributed by atoms with Crippen molar-refractivity contribution in [1.82, 2.24) is 9.62 Å². The normalized spacial score (nSPS) is 11.3. The van der Waals surface area contributed by atoms with Gasteiger partial charge in [-0.05, 0) is 36.8 Å². The summed E-state index contributed by atoms with van der Waals surface area (Å²) >= 11 is 0. The number of nitrogens with zero attached hydrogens (tertiary/aromatic N) is 1. The summed E-state index contributed by atoms with van der Waals surface area (Å²) in [5, 5.41) is 2.73. The first-order chi connectivity index (χ1) is 13.2. The summed E-state index contributed by atoms with van der Waals surface area (Å²) in [7, 11) is -1.70. The van der Waals surface area contributed by atoms with Crippen LogP contribution in [0.5, 0.6) is 11.5 Å². The molecule has 0 aliphatic carbocycles. The summed E-state index contributed by atoms with van der Waals surface area (Å²) in [6, 6.07) is 14.7. The molecule has 152 valence electrons. The van der Waals surface area contributed by atoms with Crippen molar-refractivity contribution in [3.8, 4) is 11.5 Å². The van der Waals surface area contributed by atoms with Crippen molar-refractivity contribution >= 4 is 15.9 Å². The van der Waals surface area contributed by atoms with Gasteiger partial charge in [-0.3, -0.25) is 4.79 Å². The molecule has 0 fully saturated rings. The number of benzene rings is 2. The first-order valence-electron chi connectivity index (χ1n) is 8.83. The number of hydrogen-bond donors (Lipinski definition) is 1. The number of ether oxygens (including phenoxy) is 2. The molecule has 2 rings (SSSR count). The summed E-state index contributed by atoms with van der Waals surface area (Å²) in [5.41, 5.74) is 1.99. The molecule has 28 heavy (non-hydrogen) atoms. The van der Waals surface area contributed by atoms with Crippen LogP contribution < -0.4 is 14.8 Å². The van der Waals surface area contributed by atoms with Gasteiger partial charge < -0.3 is 14.8 Å². The van der Waals surface area contributed by atoms with E-state index in [9.17, 15) is 13.2 Å². The topological polar surface area (TPSA) is 84.9 Å². The molecule has 2 aromatic rings. The van der Waals surface area contributed by atoms with Gasteiger partial charge >= 0.3 is 0 Å². The maximum absolute atomic E-state index is 11.8. The third-order valence-corrected chi connectivity index (χ3v) is 5.24. The zero-order chi connectivity index (χ0) is 20.6. The maximum Gasteiger partial charge on any atom is 0.258 e. The number of hydrogen-bond acceptors (Lipinski definition) is 5. The molecule has 0 bridgehead atoms. The third-order valence-electron chi connectivity index (χ3n) is 3.98. The molecule has 0 saturated carbocycles. The van der Waals surface area contributed by atoms with Gasteiger partial charge in [-0.1, -0.05) is 29.8 Å². The zero-order valence-corrected chi connectivity index (χ0v) is 17.2. The molecule has 2 aromatic carbocycles. The molecular weight excluding hydrogens is 380 g/mol. The standard InChI is InChI=1S/C20H26N2O5S/c1-16-4-8-18(9-5-16)26-13-12-21-20(23)15-27-19-10-6-17(7-11-19)14-22(2)28(3,24)25/h4-11H,12-15H2,1-3H3,(H,21,23). The fourth-order valence-corrected chi connectivity index (χ4v) is 2.64. The summed E-state index contributed by atoms with van der Waals surface area (Å²) in [6.45, 7) is 2.93. The molecule has 0 atom stereocenters. The van der Waals surface area contributed by atoms with Crippen LogP contribution in [0.25, 0.3) is 0 Å². The number of sulfonamides is 1. The predicted octanol–water partition coefficient (Wildman–Crippen LogP) is 1.96. The molecule has 0 spiro atoms. The number of nitrogens with one attached hydrogen (secondary N) is 1. The van der Waals surface area contributed by atoms with Crippen molar-refractivity contribution in [3.05, 3.63) is 59.7 Å². The highest BCUT2D eigenvalue weighted by molar-refractivity contribution is 7.88. The Labute approximate surface area is 166 Å². The van der Waals surface area contributed by atoms with Crippen LogP contribution in [0.3, 0.4) is 0 Å². The minimum atomic E-state index is -3.22. The second kappa shape index (κ2) is 10.1. The van der Waals surface area contributed by atoms with Crippen molar-refractivity contribution < 1.29 is 22.7 Å². The van der Waals surface area contributed by atoms with E-state index in [4.69, 9.17) is 9.47 Å². The number of amides is 1. The van der Waals surface area contributed by atoms with E-state index in [1.54, 1.807) is 24.3 Å². The minimum Gasteiger partial charge on any atom is -0.492 e. The molecule has 0 saturated heterocycles. The van der Waals surface area contributed by atoms with Gasteiger partial charge in [-0.25, -0.2) is 12.7 Å². The van der Waals surface area contributed by atoms with Gasteiger partial charge in [0.1, 0.15) is 18.1 Å². The Balaban J connectivity index is 1.67. The van der Waals surface area contributed by atoms with E-state index < -0.39 is 10.0 Å². The van der Waals surface area contributed by atoms with E-state index in [1.807, 2.05) is 31.2 Å².